The fourth-order valence-electron chi connectivity index (χ4n) is 1.70. The highest BCUT2D eigenvalue weighted by molar-refractivity contribution is 9.11. The van der Waals surface area contributed by atoms with E-state index in [9.17, 15) is 9.59 Å². The minimum Gasteiger partial charge on any atom is -0.350 e. The molecule has 1 aromatic rings. The standard InChI is InChI=1S/C16H22Br2N2O2/c1-5-9(3)19-15(21)11-7-14(18)12(8-13(11)17)16(22)20-10(4)6-2/h7-10H,5-6H2,1-4H3,(H,19,21)(H,20,22)/t9-,10-/m0/s1. The Morgan fingerprint density at radius 1 is 0.909 bits per heavy atom. The molecule has 0 bridgehead atoms. The molecule has 2 amide bonds. The molecule has 0 saturated heterocycles. The molecule has 0 aliphatic rings. The second-order valence-electron chi connectivity index (χ2n) is 5.38. The molecule has 0 aromatic heterocycles. The molecule has 122 valence electrons. The number of benzene rings is 1. The predicted molar refractivity (Wildman–Crippen MR) is 96.3 cm³/mol. The van der Waals surface area contributed by atoms with Crippen LogP contribution in [0, 0.1) is 0 Å². The van der Waals surface area contributed by atoms with E-state index in [1.54, 1.807) is 12.1 Å². The van der Waals surface area contributed by atoms with Gasteiger partial charge in [-0.2, -0.15) is 0 Å². The molecular formula is C16H22Br2N2O2. The maximum Gasteiger partial charge on any atom is 0.252 e. The summed E-state index contributed by atoms with van der Waals surface area (Å²) in [6.45, 7) is 7.93. The van der Waals surface area contributed by atoms with Crippen molar-refractivity contribution in [3.8, 4) is 0 Å². The molecule has 6 heteroatoms. The molecule has 4 nitrogen and oxygen atoms in total. The summed E-state index contributed by atoms with van der Waals surface area (Å²) >= 11 is 6.77. The maximum absolute atomic E-state index is 12.2. The van der Waals surface area contributed by atoms with Crippen LogP contribution in [0.15, 0.2) is 21.1 Å². The zero-order chi connectivity index (χ0) is 16.9. The largest absolute Gasteiger partial charge is 0.350 e. The lowest BCUT2D eigenvalue weighted by Crippen LogP contribution is -2.33. The average Bonchev–Trinajstić information content (AvgIpc) is 2.48. The first-order chi connectivity index (χ1) is 10.3. The third-order valence-corrected chi connectivity index (χ3v) is 4.84. The van der Waals surface area contributed by atoms with E-state index in [1.807, 2.05) is 27.7 Å². The first-order valence-corrected chi connectivity index (χ1v) is 8.99. The number of carbonyl (C=O) groups is 2. The van der Waals surface area contributed by atoms with Crippen LogP contribution in [0.3, 0.4) is 0 Å². The minimum absolute atomic E-state index is 0.103. The summed E-state index contributed by atoms with van der Waals surface area (Å²) in [5, 5.41) is 5.83. The summed E-state index contributed by atoms with van der Waals surface area (Å²) in [5.74, 6) is -0.313. The molecule has 2 atom stereocenters. The van der Waals surface area contributed by atoms with Crippen molar-refractivity contribution in [1.29, 1.82) is 0 Å². The molecule has 0 heterocycles. The molecule has 2 N–H and O–H groups in total. The number of hydrogen-bond donors (Lipinski definition) is 2. The highest BCUT2D eigenvalue weighted by Crippen LogP contribution is 2.26. The third kappa shape index (κ3) is 5.09. The predicted octanol–water partition coefficient (Wildman–Crippen LogP) is 4.27. The van der Waals surface area contributed by atoms with Gasteiger partial charge in [0.25, 0.3) is 11.8 Å². The van der Waals surface area contributed by atoms with E-state index < -0.39 is 0 Å². The number of amides is 2. The molecule has 0 aliphatic carbocycles. The Morgan fingerprint density at radius 2 is 1.23 bits per heavy atom. The van der Waals surface area contributed by atoms with E-state index in [-0.39, 0.29) is 23.9 Å². The van der Waals surface area contributed by atoms with Crippen LogP contribution in [0.1, 0.15) is 61.3 Å². The summed E-state index contributed by atoms with van der Waals surface area (Å²) < 4.78 is 1.21. The van der Waals surface area contributed by atoms with Gasteiger partial charge in [-0.15, -0.1) is 0 Å². The van der Waals surface area contributed by atoms with E-state index >= 15 is 0 Å². The highest BCUT2D eigenvalue weighted by Gasteiger charge is 2.18. The van der Waals surface area contributed by atoms with Crippen molar-refractivity contribution in [3.63, 3.8) is 0 Å². The van der Waals surface area contributed by atoms with Gasteiger partial charge in [0.1, 0.15) is 0 Å². The molecule has 0 spiro atoms. The first kappa shape index (κ1) is 19.2. The van der Waals surface area contributed by atoms with Gasteiger partial charge in [0, 0.05) is 21.0 Å². The SMILES string of the molecule is CC[C@H](C)NC(=O)c1cc(Br)c(C(=O)N[C@@H](C)CC)cc1Br. The third-order valence-electron chi connectivity index (χ3n) is 3.53. The highest BCUT2D eigenvalue weighted by atomic mass is 79.9. The quantitative estimate of drug-likeness (QED) is 0.703. The second-order valence-corrected chi connectivity index (χ2v) is 7.09. The van der Waals surface area contributed by atoms with Gasteiger partial charge < -0.3 is 10.6 Å². The van der Waals surface area contributed by atoms with Crippen LogP contribution in [-0.2, 0) is 0 Å². The summed E-state index contributed by atoms with van der Waals surface area (Å²) in [7, 11) is 0. The Morgan fingerprint density at radius 3 is 1.50 bits per heavy atom. The molecule has 1 rings (SSSR count). The monoisotopic (exact) mass is 432 g/mol. The van der Waals surface area contributed by atoms with Gasteiger partial charge in [0.2, 0.25) is 0 Å². The Bertz CT molecular complexity index is 512. The maximum atomic E-state index is 12.2. The molecule has 0 fully saturated rings. The minimum atomic E-state index is -0.157. The normalized spacial score (nSPS) is 13.4. The average molecular weight is 434 g/mol. The Hall–Kier alpha value is -0.880. The Balaban J connectivity index is 3.01. The number of halogens is 2. The van der Waals surface area contributed by atoms with Gasteiger partial charge in [-0.3, -0.25) is 9.59 Å². The summed E-state index contributed by atoms with van der Waals surface area (Å²) in [4.78, 5) is 24.5. The van der Waals surface area contributed by atoms with Crippen molar-refractivity contribution in [2.24, 2.45) is 0 Å². The molecule has 0 radical (unpaired) electrons. The summed E-state index contributed by atoms with van der Waals surface area (Å²) in [5.41, 5.74) is 1.01. The fourth-order valence-corrected chi connectivity index (χ4v) is 2.75. The second kappa shape index (κ2) is 8.67. The zero-order valence-corrected chi connectivity index (χ0v) is 16.5. The Kier molecular flexibility index (Phi) is 7.56. The smallest absolute Gasteiger partial charge is 0.252 e. The van der Waals surface area contributed by atoms with E-state index in [0.717, 1.165) is 12.8 Å². The molecule has 1 aromatic carbocycles. The van der Waals surface area contributed by atoms with Gasteiger partial charge >= 0.3 is 0 Å². The lowest BCUT2D eigenvalue weighted by atomic mass is 10.1. The van der Waals surface area contributed by atoms with Crippen LogP contribution in [0.4, 0.5) is 0 Å². The van der Waals surface area contributed by atoms with Crippen molar-refractivity contribution < 1.29 is 9.59 Å². The van der Waals surface area contributed by atoms with Crippen molar-refractivity contribution in [1.82, 2.24) is 10.6 Å². The van der Waals surface area contributed by atoms with E-state index in [4.69, 9.17) is 0 Å². The van der Waals surface area contributed by atoms with Gasteiger partial charge in [-0.05, 0) is 70.7 Å². The van der Waals surface area contributed by atoms with Crippen molar-refractivity contribution in [2.75, 3.05) is 0 Å². The van der Waals surface area contributed by atoms with Crippen LogP contribution in [0.5, 0.6) is 0 Å². The summed E-state index contributed by atoms with van der Waals surface area (Å²) in [6, 6.07) is 3.55. The van der Waals surface area contributed by atoms with Gasteiger partial charge in [0.05, 0.1) is 11.1 Å². The van der Waals surface area contributed by atoms with Crippen molar-refractivity contribution >= 4 is 43.7 Å². The van der Waals surface area contributed by atoms with Crippen LogP contribution in [0.2, 0.25) is 0 Å². The number of nitrogens with one attached hydrogen (secondary N) is 2. The topological polar surface area (TPSA) is 58.2 Å². The molecule has 0 unspecified atom stereocenters. The van der Waals surface area contributed by atoms with Crippen molar-refractivity contribution in [2.45, 2.75) is 52.6 Å². The van der Waals surface area contributed by atoms with Crippen LogP contribution in [-0.4, -0.2) is 23.9 Å². The number of hydrogen-bond acceptors (Lipinski definition) is 2. The lowest BCUT2D eigenvalue weighted by molar-refractivity contribution is 0.0925. The Labute approximate surface area is 148 Å². The van der Waals surface area contributed by atoms with Crippen LogP contribution >= 0.6 is 31.9 Å². The van der Waals surface area contributed by atoms with E-state index in [2.05, 4.69) is 42.5 Å². The first-order valence-electron chi connectivity index (χ1n) is 7.40. The number of rotatable bonds is 6. The summed E-state index contributed by atoms with van der Waals surface area (Å²) in [6.07, 6.45) is 1.72. The molecule has 22 heavy (non-hydrogen) atoms. The molecule has 0 saturated carbocycles. The van der Waals surface area contributed by atoms with Gasteiger partial charge in [-0.25, -0.2) is 0 Å². The van der Waals surface area contributed by atoms with E-state index in [0.29, 0.717) is 20.1 Å². The number of carbonyl (C=O) groups excluding carboxylic acids is 2. The molecular weight excluding hydrogens is 412 g/mol. The fraction of sp³-hybridized carbons (Fsp3) is 0.500. The van der Waals surface area contributed by atoms with Crippen molar-refractivity contribution in [3.05, 3.63) is 32.2 Å². The van der Waals surface area contributed by atoms with Crippen LogP contribution < -0.4 is 10.6 Å². The zero-order valence-electron chi connectivity index (χ0n) is 13.3. The van der Waals surface area contributed by atoms with Crippen LogP contribution in [0.25, 0.3) is 0 Å². The van der Waals surface area contributed by atoms with Gasteiger partial charge in [0.15, 0.2) is 0 Å². The molecule has 0 aliphatic heterocycles. The van der Waals surface area contributed by atoms with E-state index in [1.165, 1.54) is 0 Å². The lowest BCUT2D eigenvalue weighted by Gasteiger charge is -2.15. The van der Waals surface area contributed by atoms with Gasteiger partial charge in [-0.1, -0.05) is 13.8 Å².